The van der Waals surface area contributed by atoms with E-state index in [1.165, 1.54) is 11.0 Å². The fraction of sp³-hybridized carbons (Fsp3) is 0.680. The largest absolute Gasteiger partial charge is 0.490 e. The summed E-state index contributed by atoms with van der Waals surface area (Å²) in [4.78, 5) is 26.5. The molecule has 9 nitrogen and oxygen atoms in total. The molecule has 1 unspecified atom stereocenters. The van der Waals surface area contributed by atoms with Crippen LogP contribution in [0.15, 0.2) is 18.2 Å². The van der Waals surface area contributed by atoms with Crippen LogP contribution in [-0.4, -0.2) is 75.7 Å². The molecule has 3 amide bonds. The molecule has 0 radical (unpaired) electrons. The van der Waals surface area contributed by atoms with Crippen molar-refractivity contribution in [2.45, 2.75) is 51.0 Å². The number of urea groups is 1. The van der Waals surface area contributed by atoms with Gasteiger partial charge in [0.2, 0.25) is 15.9 Å². The summed E-state index contributed by atoms with van der Waals surface area (Å²) in [6.45, 7) is 2.71. The van der Waals surface area contributed by atoms with Gasteiger partial charge in [0.25, 0.3) is 0 Å². The number of nitrogens with one attached hydrogen (secondary N) is 2. The molecule has 2 saturated heterocycles. The minimum absolute atomic E-state index is 0.0342. The van der Waals surface area contributed by atoms with Gasteiger partial charge in [-0.1, -0.05) is 12.5 Å². The molecule has 11 heteroatoms. The fourth-order valence-electron chi connectivity index (χ4n) is 4.80. The number of carbonyl (C=O) groups excluding carboxylic acids is 2. The summed E-state index contributed by atoms with van der Waals surface area (Å²) in [5.74, 6) is -0.0131. The number of ether oxygens (including phenoxy) is 1. The summed E-state index contributed by atoms with van der Waals surface area (Å²) < 4.78 is 49.2. The second kappa shape index (κ2) is 11.9. The fourth-order valence-corrected chi connectivity index (χ4v) is 6.22. The molecule has 0 bridgehead atoms. The van der Waals surface area contributed by atoms with Crippen molar-refractivity contribution in [3.8, 4) is 5.75 Å². The van der Waals surface area contributed by atoms with Crippen molar-refractivity contribution in [1.29, 1.82) is 0 Å². The first-order chi connectivity index (χ1) is 17.2. The van der Waals surface area contributed by atoms with Crippen LogP contribution in [0.3, 0.4) is 0 Å². The zero-order valence-corrected chi connectivity index (χ0v) is 21.7. The van der Waals surface area contributed by atoms with Crippen LogP contribution >= 0.6 is 0 Å². The average molecular weight is 525 g/mol. The Kier molecular flexibility index (Phi) is 8.84. The second-order valence-electron chi connectivity index (χ2n) is 10.3. The summed E-state index contributed by atoms with van der Waals surface area (Å²) in [5.41, 5.74) is 0.727. The molecule has 200 valence electrons. The number of sulfonamides is 1. The Morgan fingerprint density at radius 1 is 1.14 bits per heavy atom. The van der Waals surface area contributed by atoms with Crippen LogP contribution in [0.4, 0.5) is 9.18 Å². The lowest BCUT2D eigenvalue weighted by molar-refractivity contribution is -0.118. The predicted octanol–water partition coefficient (Wildman–Crippen LogP) is 2.64. The Hall–Kier alpha value is -2.24. The number of unbranched alkanes of at least 4 members (excludes halogenated alkanes) is 2. The highest BCUT2D eigenvalue weighted by Crippen LogP contribution is 2.35. The van der Waals surface area contributed by atoms with E-state index < -0.39 is 27.9 Å². The minimum Gasteiger partial charge on any atom is -0.490 e. The zero-order chi connectivity index (χ0) is 25.7. The maximum atomic E-state index is 14.4. The van der Waals surface area contributed by atoms with Gasteiger partial charge in [-0.2, -0.15) is 0 Å². The number of rotatable bonds is 13. The molecule has 1 aromatic rings. The highest BCUT2D eigenvalue weighted by atomic mass is 32.2. The Balaban J connectivity index is 1.36. The van der Waals surface area contributed by atoms with Crippen molar-refractivity contribution in [3.05, 3.63) is 29.6 Å². The average Bonchev–Trinajstić information content (AvgIpc) is 3.60. The van der Waals surface area contributed by atoms with Crippen molar-refractivity contribution in [1.82, 2.24) is 19.8 Å². The number of amides is 3. The number of nitrogens with zero attached hydrogens (tertiary/aromatic N) is 2. The second-order valence-corrected chi connectivity index (χ2v) is 12.2. The Bertz CT molecular complexity index is 1040. The third-order valence-electron chi connectivity index (χ3n) is 7.24. The molecule has 4 rings (SSSR count). The molecule has 3 fully saturated rings. The van der Waals surface area contributed by atoms with Gasteiger partial charge in [0, 0.05) is 12.6 Å². The maximum Gasteiger partial charge on any atom is 0.324 e. The molecule has 1 atom stereocenters. The van der Waals surface area contributed by atoms with Crippen LogP contribution in [0.1, 0.15) is 56.6 Å². The van der Waals surface area contributed by atoms with Gasteiger partial charge in [0.1, 0.15) is 6.54 Å². The molecule has 1 aliphatic carbocycles. The van der Waals surface area contributed by atoms with Gasteiger partial charge >= 0.3 is 6.03 Å². The molecular formula is C25H37FN4O5S. The highest BCUT2D eigenvalue weighted by molar-refractivity contribution is 7.89. The molecule has 1 saturated carbocycles. The van der Waals surface area contributed by atoms with E-state index in [2.05, 4.69) is 22.0 Å². The topological polar surface area (TPSA) is 108 Å². The van der Waals surface area contributed by atoms with Crippen molar-refractivity contribution in [2.75, 3.05) is 45.6 Å². The van der Waals surface area contributed by atoms with Crippen molar-refractivity contribution < 1.29 is 27.1 Å². The Morgan fingerprint density at radius 2 is 1.89 bits per heavy atom. The van der Waals surface area contributed by atoms with E-state index in [0.717, 1.165) is 44.3 Å². The van der Waals surface area contributed by atoms with E-state index in [0.29, 0.717) is 38.3 Å². The number of halogens is 1. The van der Waals surface area contributed by atoms with Crippen LogP contribution in [-0.2, 0) is 14.8 Å². The van der Waals surface area contributed by atoms with Crippen LogP contribution in [0, 0.1) is 17.7 Å². The Labute approximate surface area is 212 Å². The summed E-state index contributed by atoms with van der Waals surface area (Å²) in [6, 6.07) is 3.84. The van der Waals surface area contributed by atoms with Crippen molar-refractivity contribution in [3.63, 3.8) is 0 Å². The van der Waals surface area contributed by atoms with Crippen LogP contribution in [0.25, 0.3) is 0 Å². The van der Waals surface area contributed by atoms with Crippen molar-refractivity contribution >= 4 is 22.0 Å². The van der Waals surface area contributed by atoms with Gasteiger partial charge in [-0.05, 0) is 88.2 Å². The molecule has 2 N–H and O–H groups in total. The van der Waals surface area contributed by atoms with Crippen molar-refractivity contribution in [2.24, 2.45) is 11.8 Å². The summed E-state index contributed by atoms with van der Waals surface area (Å²) in [6.07, 6.45) is 5.57. The SMILES string of the molecule is CN1CCC(C(NS(=O)(=O)CCCCCN2CC(=O)NC2=O)c2ccc(F)c(OCC3CC3)c2)CC1. The third-order valence-corrected chi connectivity index (χ3v) is 8.68. The number of hydrogen-bond donors (Lipinski definition) is 2. The predicted molar refractivity (Wildman–Crippen MR) is 133 cm³/mol. The van der Waals surface area contributed by atoms with Gasteiger partial charge in [0.05, 0.1) is 12.4 Å². The standard InChI is InChI=1S/C25H37FN4O5S/c1-29-12-9-19(10-13-29)24(20-7-8-21(26)22(15-20)35-17-18-5-6-18)28-36(33,34)14-4-2-3-11-30-16-23(31)27-25(30)32/h7-8,15,18-19,24,28H,2-6,9-14,16-17H2,1H3,(H,27,31,32). The first-order valence-corrected chi connectivity index (χ1v) is 14.5. The van der Waals surface area contributed by atoms with Gasteiger partial charge in [0.15, 0.2) is 11.6 Å². The zero-order valence-electron chi connectivity index (χ0n) is 20.9. The molecule has 36 heavy (non-hydrogen) atoms. The van der Waals surface area contributed by atoms with Crippen LogP contribution in [0.5, 0.6) is 5.75 Å². The van der Waals surface area contributed by atoms with Crippen LogP contribution in [0.2, 0.25) is 0 Å². The highest BCUT2D eigenvalue weighted by Gasteiger charge is 2.31. The molecule has 0 spiro atoms. The normalized spacial score (nSPS) is 20.6. The van der Waals surface area contributed by atoms with E-state index >= 15 is 0 Å². The maximum absolute atomic E-state index is 14.4. The first kappa shape index (κ1) is 26.8. The van der Waals surface area contributed by atoms with E-state index in [9.17, 15) is 22.4 Å². The summed E-state index contributed by atoms with van der Waals surface area (Å²) in [7, 11) is -1.54. The van der Waals surface area contributed by atoms with E-state index in [1.807, 2.05) is 0 Å². The lowest BCUT2D eigenvalue weighted by Gasteiger charge is -2.35. The quantitative estimate of drug-likeness (QED) is 0.303. The molecule has 0 aromatic heterocycles. The molecular weight excluding hydrogens is 487 g/mol. The number of carbonyl (C=O) groups is 2. The minimum atomic E-state index is -3.59. The van der Waals surface area contributed by atoms with E-state index in [-0.39, 0.29) is 29.9 Å². The molecule has 2 aliphatic heterocycles. The lowest BCUT2D eigenvalue weighted by atomic mass is 9.86. The van der Waals surface area contributed by atoms with Crippen LogP contribution < -0.4 is 14.8 Å². The first-order valence-electron chi connectivity index (χ1n) is 12.9. The summed E-state index contributed by atoms with van der Waals surface area (Å²) in [5, 5.41) is 2.23. The van der Waals surface area contributed by atoms with Gasteiger partial charge in [-0.3, -0.25) is 10.1 Å². The number of piperidine rings is 1. The molecule has 1 aromatic carbocycles. The number of imide groups is 1. The number of benzene rings is 1. The third kappa shape index (κ3) is 7.63. The van der Waals surface area contributed by atoms with Gasteiger partial charge in [-0.25, -0.2) is 22.3 Å². The number of hydrogen-bond acceptors (Lipinski definition) is 6. The van der Waals surface area contributed by atoms with Gasteiger partial charge < -0.3 is 14.5 Å². The van der Waals surface area contributed by atoms with Gasteiger partial charge in [-0.15, -0.1) is 0 Å². The van der Waals surface area contributed by atoms with E-state index in [4.69, 9.17) is 4.74 Å². The molecule has 2 heterocycles. The van der Waals surface area contributed by atoms with E-state index in [1.54, 1.807) is 12.1 Å². The lowest BCUT2D eigenvalue weighted by Crippen LogP contribution is -2.40. The monoisotopic (exact) mass is 524 g/mol. The molecule has 3 aliphatic rings. The smallest absolute Gasteiger partial charge is 0.324 e. The Morgan fingerprint density at radius 3 is 2.56 bits per heavy atom. The number of likely N-dealkylation sites (tertiary alicyclic amines) is 1. The summed E-state index contributed by atoms with van der Waals surface area (Å²) >= 11 is 0.